The summed E-state index contributed by atoms with van der Waals surface area (Å²) in [7, 11) is 0. The van der Waals surface area contributed by atoms with E-state index in [-0.39, 0.29) is 5.91 Å². The summed E-state index contributed by atoms with van der Waals surface area (Å²) in [4.78, 5) is 13.3. The second-order valence-electron chi connectivity index (χ2n) is 6.05. The molecule has 0 aromatic rings. The van der Waals surface area contributed by atoms with Crippen molar-refractivity contribution in [2.75, 3.05) is 26.2 Å². The minimum absolute atomic E-state index is 0.0388. The predicted molar refractivity (Wildman–Crippen MR) is 59.1 cm³/mol. The molecule has 0 aromatic carbocycles. The maximum Gasteiger partial charge on any atom is 0.231 e. The van der Waals surface area contributed by atoms with Gasteiger partial charge in [-0.15, -0.1) is 0 Å². The van der Waals surface area contributed by atoms with Crippen LogP contribution in [0, 0.1) is 5.41 Å². The van der Waals surface area contributed by atoms with E-state index >= 15 is 0 Å². The molecule has 1 N–H and O–H groups in total. The monoisotopic (exact) mass is 211 g/mol. The highest BCUT2D eigenvalue weighted by atomic mass is 16.2. The fraction of sp³-hybridized carbons (Fsp3) is 0.909. The second kappa shape index (κ2) is 3.19. The number of rotatable bonds is 1. The smallest absolute Gasteiger partial charge is 0.231 e. The lowest BCUT2D eigenvalue weighted by Crippen LogP contribution is -2.76. The molecule has 0 radical (unpaired) electrons. The third-order valence-corrected chi connectivity index (χ3v) is 3.37. The molecule has 0 atom stereocenters. The first-order valence-corrected chi connectivity index (χ1v) is 5.58. The molecule has 2 aliphatic heterocycles. The highest BCUT2D eigenvalue weighted by molar-refractivity contribution is 5.72. The van der Waals surface area contributed by atoms with Gasteiger partial charge in [0.2, 0.25) is 5.91 Å². The van der Waals surface area contributed by atoms with E-state index in [1.807, 2.05) is 5.01 Å². The van der Waals surface area contributed by atoms with Crippen molar-refractivity contribution in [1.29, 1.82) is 0 Å². The van der Waals surface area contributed by atoms with Crippen LogP contribution in [0.2, 0.25) is 0 Å². The molecule has 4 nitrogen and oxygen atoms in total. The van der Waals surface area contributed by atoms with Gasteiger partial charge in [0.25, 0.3) is 0 Å². The highest BCUT2D eigenvalue weighted by Gasteiger charge is 2.54. The Balaban J connectivity index is 1.75. The average molecular weight is 211 g/mol. The maximum atomic E-state index is 10.8. The van der Waals surface area contributed by atoms with Gasteiger partial charge in [0.15, 0.2) is 0 Å². The van der Waals surface area contributed by atoms with Crippen molar-refractivity contribution < 1.29 is 4.79 Å². The predicted octanol–water partition coefficient (Wildman–Crippen LogP) is 0.454. The van der Waals surface area contributed by atoms with Crippen LogP contribution in [-0.4, -0.2) is 47.5 Å². The van der Waals surface area contributed by atoms with Crippen LogP contribution in [0.4, 0.5) is 0 Å². The molecule has 2 heterocycles. The fourth-order valence-corrected chi connectivity index (χ4v) is 2.50. The van der Waals surface area contributed by atoms with Crippen LogP contribution in [0.25, 0.3) is 0 Å². The van der Waals surface area contributed by atoms with Gasteiger partial charge in [-0.25, -0.2) is 5.01 Å². The lowest BCUT2D eigenvalue weighted by molar-refractivity contribution is -0.167. The van der Waals surface area contributed by atoms with E-state index in [2.05, 4.69) is 31.1 Å². The van der Waals surface area contributed by atoms with E-state index in [1.165, 1.54) is 13.1 Å². The second-order valence-corrected chi connectivity index (χ2v) is 6.05. The van der Waals surface area contributed by atoms with Crippen LogP contribution in [0.3, 0.4) is 0 Å². The summed E-state index contributed by atoms with van der Waals surface area (Å²) < 4.78 is 0. The lowest BCUT2D eigenvalue weighted by Gasteiger charge is -2.63. The number of hydrogen-bond acceptors (Lipinski definition) is 3. The summed E-state index contributed by atoms with van der Waals surface area (Å²) in [6.45, 7) is 12.7. The quantitative estimate of drug-likeness (QED) is 0.684. The normalized spacial score (nSPS) is 25.9. The van der Waals surface area contributed by atoms with Gasteiger partial charge in [-0.2, -0.15) is 0 Å². The molecule has 2 fully saturated rings. The van der Waals surface area contributed by atoms with Crippen molar-refractivity contribution in [3.63, 3.8) is 0 Å². The molecule has 2 rings (SSSR count). The van der Waals surface area contributed by atoms with E-state index in [4.69, 9.17) is 0 Å². The SMILES string of the molecule is CC(=O)NN1CC2(C1)CN(C(C)(C)C)C2. The number of carbonyl (C=O) groups is 1. The van der Waals surface area contributed by atoms with E-state index in [0.29, 0.717) is 11.0 Å². The Hall–Kier alpha value is -0.610. The van der Waals surface area contributed by atoms with Crippen molar-refractivity contribution in [1.82, 2.24) is 15.3 Å². The van der Waals surface area contributed by atoms with Crippen molar-refractivity contribution in [2.24, 2.45) is 5.41 Å². The van der Waals surface area contributed by atoms with Gasteiger partial charge in [0.05, 0.1) is 0 Å². The molecule has 4 heteroatoms. The molecule has 0 unspecified atom stereocenters. The van der Waals surface area contributed by atoms with E-state index in [1.54, 1.807) is 6.92 Å². The first-order chi connectivity index (χ1) is 6.81. The summed E-state index contributed by atoms with van der Waals surface area (Å²) in [6, 6.07) is 0. The van der Waals surface area contributed by atoms with Gasteiger partial charge in [-0.1, -0.05) is 0 Å². The molecule has 0 bridgehead atoms. The van der Waals surface area contributed by atoms with Crippen molar-refractivity contribution in [3.8, 4) is 0 Å². The number of amides is 1. The van der Waals surface area contributed by atoms with Crippen molar-refractivity contribution >= 4 is 5.91 Å². The lowest BCUT2D eigenvalue weighted by atomic mass is 9.72. The van der Waals surface area contributed by atoms with Crippen molar-refractivity contribution in [2.45, 2.75) is 33.2 Å². The summed E-state index contributed by atoms with van der Waals surface area (Å²) >= 11 is 0. The number of nitrogens with one attached hydrogen (secondary N) is 1. The Morgan fingerprint density at radius 1 is 1.20 bits per heavy atom. The summed E-state index contributed by atoms with van der Waals surface area (Å²) in [5.41, 5.74) is 3.59. The van der Waals surface area contributed by atoms with Gasteiger partial charge in [0, 0.05) is 44.1 Å². The summed E-state index contributed by atoms with van der Waals surface area (Å²) in [5, 5.41) is 2.02. The molecule has 2 saturated heterocycles. The molecule has 86 valence electrons. The molecule has 0 aromatic heterocycles. The molecule has 0 aliphatic carbocycles. The van der Waals surface area contributed by atoms with Gasteiger partial charge >= 0.3 is 0 Å². The number of hydrogen-bond donors (Lipinski definition) is 1. The van der Waals surface area contributed by atoms with Crippen molar-refractivity contribution in [3.05, 3.63) is 0 Å². The minimum atomic E-state index is 0.0388. The molecule has 1 amide bonds. The Morgan fingerprint density at radius 2 is 1.73 bits per heavy atom. The first-order valence-electron chi connectivity index (χ1n) is 5.58. The van der Waals surface area contributed by atoms with Crippen LogP contribution in [0.5, 0.6) is 0 Å². The zero-order chi connectivity index (χ0) is 11.3. The van der Waals surface area contributed by atoms with Gasteiger partial charge in [-0.05, 0) is 20.8 Å². The zero-order valence-electron chi connectivity index (χ0n) is 10.1. The fourth-order valence-electron chi connectivity index (χ4n) is 2.50. The van der Waals surface area contributed by atoms with E-state index < -0.39 is 0 Å². The third kappa shape index (κ3) is 2.01. The summed E-state index contributed by atoms with van der Waals surface area (Å²) in [6.07, 6.45) is 0. The number of carbonyl (C=O) groups excluding carboxylic acids is 1. The Kier molecular flexibility index (Phi) is 2.32. The Morgan fingerprint density at radius 3 is 2.13 bits per heavy atom. The van der Waals surface area contributed by atoms with Crippen LogP contribution in [0.15, 0.2) is 0 Å². The molecule has 2 aliphatic rings. The standard InChI is InChI=1S/C11H21N3O/c1-9(15)12-14-7-11(8-14)5-13(6-11)10(2,3)4/h5-8H2,1-4H3,(H,12,15). The zero-order valence-corrected chi connectivity index (χ0v) is 10.1. The van der Waals surface area contributed by atoms with E-state index in [0.717, 1.165) is 13.1 Å². The largest absolute Gasteiger partial charge is 0.297 e. The van der Waals surface area contributed by atoms with Crippen LogP contribution >= 0.6 is 0 Å². The van der Waals surface area contributed by atoms with Gasteiger partial charge < -0.3 is 0 Å². The third-order valence-electron chi connectivity index (χ3n) is 3.37. The Bertz CT molecular complexity index is 268. The topological polar surface area (TPSA) is 35.6 Å². The summed E-state index contributed by atoms with van der Waals surface area (Å²) in [5.74, 6) is 0.0388. The minimum Gasteiger partial charge on any atom is -0.297 e. The molecule has 1 spiro atoms. The Labute approximate surface area is 91.6 Å². The van der Waals surface area contributed by atoms with Gasteiger partial charge in [-0.3, -0.25) is 15.1 Å². The average Bonchev–Trinajstić information content (AvgIpc) is 1.87. The molecule has 15 heavy (non-hydrogen) atoms. The molecule has 0 saturated carbocycles. The van der Waals surface area contributed by atoms with Crippen LogP contribution < -0.4 is 5.43 Å². The number of hydrazine groups is 1. The van der Waals surface area contributed by atoms with E-state index in [9.17, 15) is 4.79 Å². The van der Waals surface area contributed by atoms with Gasteiger partial charge in [0.1, 0.15) is 0 Å². The van der Waals surface area contributed by atoms with Crippen LogP contribution in [-0.2, 0) is 4.79 Å². The number of likely N-dealkylation sites (tertiary alicyclic amines) is 1. The molecular formula is C11H21N3O. The highest BCUT2D eigenvalue weighted by Crippen LogP contribution is 2.41. The first kappa shape index (κ1) is 10.9. The van der Waals surface area contributed by atoms with Crippen LogP contribution in [0.1, 0.15) is 27.7 Å². The number of nitrogens with zero attached hydrogens (tertiary/aromatic N) is 2. The maximum absolute atomic E-state index is 10.8. The molecular weight excluding hydrogens is 190 g/mol.